The van der Waals surface area contributed by atoms with Crippen LogP contribution in [-0.4, -0.2) is 34.0 Å². The highest BCUT2D eigenvalue weighted by molar-refractivity contribution is 7.99. The Labute approximate surface area is 170 Å². The van der Waals surface area contributed by atoms with Gasteiger partial charge in [0.1, 0.15) is 11.4 Å². The fourth-order valence-electron chi connectivity index (χ4n) is 2.39. The summed E-state index contributed by atoms with van der Waals surface area (Å²) in [4.78, 5) is 27.0. The van der Waals surface area contributed by atoms with E-state index in [1.165, 1.54) is 7.11 Å². The van der Waals surface area contributed by atoms with E-state index in [0.29, 0.717) is 28.6 Å². The van der Waals surface area contributed by atoms with Gasteiger partial charge < -0.3 is 10.1 Å². The van der Waals surface area contributed by atoms with Crippen LogP contribution in [0.2, 0.25) is 5.02 Å². The van der Waals surface area contributed by atoms with Gasteiger partial charge in [-0.05, 0) is 29.8 Å². The molecule has 0 spiro atoms. The van der Waals surface area contributed by atoms with Crippen LogP contribution in [0.25, 0.3) is 0 Å². The summed E-state index contributed by atoms with van der Waals surface area (Å²) in [5.41, 5.74) is 1.44. The fourth-order valence-corrected chi connectivity index (χ4v) is 3.12. The summed E-state index contributed by atoms with van der Waals surface area (Å²) in [5.74, 6) is 0.391. The number of methoxy groups -OCH3 is 1. The highest BCUT2D eigenvalue weighted by atomic mass is 35.5. The van der Waals surface area contributed by atoms with E-state index in [-0.39, 0.29) is 22.4 Å². The third-order valence-electron chi connectivity index (χ3n) is 3.75. The molecule has 0 saturated heterocycles. The second-order valence-electron chi connectivity index (χ2n) is 5.75. The number of nitrogens with zero attached hydrogens (tertiary/aromatic N) is 2. The molecule has 7 nitrogen and oxygen atoms in total. The van der Waals surface area contributed by atoms with Crippen LogP contribution in [-0.2, 0) is 11.2 Å². The minimum atomic E-state index is -0.336. The van der Waals surface area contributed by atoms with Crippen LogP contribution in [0.4, 0.5) is 5.69 Å². The number of amides is 1. The zero-order valence-electron chi connectivity index (χ0n) is 14.9. The summed E-state index contributed by atoms with van der Waals surface area (Å²) in [6.07, 6.45) is 0.346. The minimum Gasteiger partial charge on any atom is -0.495 e. The Balaban J connectivity index is 1.59. The molecule has 3 aromatic rings. The molecule has 0 saturated carbocycles. The summed E-state index contributed by atoms with van der Waals surface area (Å²) in [6, 6.07) is 14.3. The fraction of sp³-hybridized carbons (Fsp3) is 0.158. The number of carbonyl (C=O) groups is 1. The lowest BCUT2D eigenvalue weighted by atomic mass is 10.1. The van der Waals surface area contributed by atoms with E-state index >= 15 is 0 Å². The van der Waals surface area contributed by atoms with Crippen molar-refractivity contribution in [2.75, 3.05) is 18.2 Å². The third-order valence-corrected chi connectivity index (χ3v) is 4.87. The number of aromatic amines is 1. The lowest BCUT2D eigenvalue weighted by molar-refractivity contribution is -0.113. The molecular weight excluding hydrogens is 400 g/mol. The maximum absolute atomic E-state index is 12.2. The van der Waals surface area contributed by atoms with Crippen molar-refractivity contribution in [1.82, 2.24) is 15.2 Å². The van der Waals surface area contributed by atoms with Gasteiger partial charge in [0.05, 0.1) is 18.6 Å². The lowest BCUT2D eigenvalue weighted by Gasteiger charge is -2.09. The second-order valence-corrected chi connectivity index (χ2v) is 7.15. The first kappa shape index (κ1) is 19.9. The standard InChI is InChI=1S/C19H17ClN4O3S/c1-27-16-5-3-2-4-14(16)21-17(25)11-28-19-22-18(26)15(23-24-19)10-12-6-8-13(20)9-7-12/h2-9H,10-11H2,1H3,(H,21,25)(H,22,24,26). The minimum absolute atomic E-state index is 0.0687. The van der Waals surface area contributed by atoms with Crippen molar-refractivity contribution in [2.45, 2.75) is 11.6 Å². The molecule has 0 radical (unpaired) electrons. The van der Waals surface area contributed by atoms with Crippen molar-refractivity contribution in [2.24, 2.45) is 0 Å². The van der Waals surface area contributed by atoms with Crippen molar-refractivity contribution >= 4 is 35.0 Å². The first-order valence-electron chi connectivity index (χ1n) is 8.31. The number of para-hydroxylation sites is 2. The average Bonchev–Trinajstić information content (AvgIpc) is 2.70. The number of nitrogens with one attached hydrogen (secondary N) is 2. The number of hydrogen-bond acceptors (Lipinski definition) is 6. The normalized spacial score (nSPS) is 10.5. The van der Waals surface area contributed by atoms with E-state index in [0.717, 1.165) is 17.3 Å². The number of hydrogen-bond donors (Lipinski definition) is 2. The SMILES string of the molecule is COc1ccccc1NC(=O)CSc1nnc(Cc2ccc(Cl)cc2)c(=O)[nH]1. The van der Waals surface area contributed by atoms with Crippen molar-refractivity contribution in [3.63, 3.8) is 0 Å². The topological polar surface area (TPSA) is 97.0 Å². The maximum Gasteiger partial charge on any atom is 0.273 e. The van der Waals surface area contributed by atoms with Crippen LogP contribution in [0, 0.1) is 0 Å². The number of carbonyl (C=O) groups excluding carboxylic acids is 1. The van der Waals surface area contributed by atoms with Gasteiger partial charge in [0.15, 0.2) is 5.16 Å². The molecule has 0 unspecified atom stereocenters. The number of rotatable bonds is 7. The highest BCUT2D eigenvalue weighted by Gasteiger charge is 2.10. The Morgan fingerprint density at radius 2 is 1.93 bits per heavy atom. The number of H-pyrrole nitrogens is 1. The van der Waals surface area contributed by atoms with Crippen LogP contribution >= 0.6 is 23.4 Å². The van der Waals surface area contributed by atoms with Gasteiger partial charge in [-0.15, -0.1) is 10.2 Å². The van der Waals surface area contributed by atoms with Gasteiger partial charge in [-0.3, -0.25) is 14.6 Å². The van der Waals surface area contributed by atoms with Crippen LogP contribution in [0.5, 0.6) is 5.75 Å². The maximum atomic E-state index is 12.2. The average molecular weight is 417 g/mol. The predicted octanol–water partition coefficient (Wildman–Crippen LogP) is 3.15. The Kier molecular flexibility index (Phi) is 6.67. The summed E-state index contributed by atoms with van der Waals surface area (Å²) >= 11 is 6.95. The number of aromatic nitrogens is 3. The predicted molar refractivity (Wildman–Crippen MR) is 109 cm³/mol. The lowest BCUT2D eigenvalue weighted by Crippen LogP contribution is -2.19. The number of thioether (sulfide) groups is 1. The molecule has 3 rings (SSSR count). The largest absolute Gasteiger partial charge is 0.495 e. The zero-order valence-corrected chi connectivity index (χ0v) is 16.5. The highest BCUT2D eigenvalue weighted by Crippen LogP contribution is 2.23. The summed E-state index contributed by atoms with van der Waals surface area (Å²) in [7, 11) is 1.53. The van der Waals surface area contributed by atoms with Gasteiger partial charge in [0.25, 0.3) is 5.56 Å². The molecule has 1 heterocycles. The summed E-state index contributed by atoms with van der Waals surface area (Å²) in [6.45, 7) is 0. The number of benzene rings is 2. The molecule has 2 N–H and O–H groups in total. The van der Waals surface area contributed by atoms with Crippen LogP contribution in [0.1, 0.15) is 11.3 Å². The van der Waals surface area contributed by atoms with Crippen molar-refractivity contribution in [3.05, 3.63) is 75.2 Å². The molecular formula is C19H17ClN4O3S. The van der Waals surface area contributed by atoms with Gasteiger partial charge in [-0.2, -0.15) is 0 Å². The molecule has 0 aliphatic carbocycles. The summed E-state index contributed by atoms with van der Waals surface area (Å²) < 4.78 is 5.19. The molecule has 0 aliphatic rings. The molecule has 0 fully saturated rings. The number of halogens is 1. The van der Waals surface area contributed by atoms with E-state index in [4.69, 9.17) is 16.3 Å². The molecule has 28 heavy (non-hydrogen) atoms. The molecule has 9 heteroatoms. The van der Waals surface area contributed by atoms with Crippen LogP contribution in [0.15, 0.2) is 58.5 Å². The zero-order chi connectivity index (χ0) is 19.9. The Morgan fingerprint density at radius 1 is 1.18 bits per heavy atom. The Morgan fingerprint density at radius 3 is 2.64 bits per heavy atom. The van der Waals surface area contributed by atoms with Crippen molar-refractivity contribution in [1.29, 1.82) is 0 Å². The molecule has 0 aliphatic heterocycles. The second kappa shape index (κ2) is 9.38. The van der Waals surface area contributed by atoms with Crippen LogP contribution in [0.3, 0.4) is 0 Å². The third kappa shape index (κ3) is 5.34. The summed E-state index contributed by atoms with van der Waals surface area (Å²) in [5, 5.41) is 11.6. The Bertz CT molecular complexity index is 1020. The van der Waals surface area contributed by atoms with Gasteiger partial charge in [0, 0.05) is 11.4 Å². The number of anilines is 1. The Hall–Kier alpha value is -2.84. The monoisotopic (exact) mass is 416 g/mol. The number of ether oxygens (including phenoxy) is 1. The molecule has 1 aromatic heterocycles. The van der Waals surface area contributed by atoms with Gasteiger partial charge in [-0.25, -0.2) is 0 Å². The van der Waals surface area contributed by atoms with Crippen LogP contribution < -0.4 is 15.6 Å². The smallest absolute Gasteiger partial charge is 0.273 e. The first-order valence-corrected chi connectivity index (χ1v) is 9.67. The van der Waals surface area contributed by atoms with Gasteiger partial charge in [0.2, 0.25) is 5.91 Å². The molecule has 2 aromatic carbocycles. The molecule has 144 valence electrons. The quantitative estimate of drug-likeness (QED) is 0.574. The van der Waals surface area contributed by atoms with Gasteiger partial charge in [-0.1, -0.05) is 47.6 Å². The molecule has 0 bridgehead atoms. The van der Waals surface area contributed by atoms with E-state index in [1.807, 2.05) is 18.2 Å². The first-order chi connectivity index (χ1) is 13.5. The van der Waals surface area contributed by atoms with Crippen molar-refractivity contribution < 1.29 is 9.53 Å². The van der Waals surface area contributed by atoms with Gasteiger partial charge >= 0.3 is 0 Å². The van der Waals surface area contributed by atoms with E-state index in [2.05, 4.69) is 20.5 Å². The molecule has 0 atom stereocenters. The van der Waals surface area contributed by atoms with E-state index in [9.17, 15) is 9.59 Å². The van der Waals surface area contributed by atoms with Crippen molar-refractivity contribution in [3.8, 4) is 5.75 Å². The molecule has 1 amide bonds. The van der Waals surface area contributed by atoms with E-state index in [1.54, 1.807) is 30.3 Å². The van der Waals surface area contributed by atoms with E-state index < -0.39 is 0 Å².